The first-order chi connectivity index (χ1) is 12.5. The Morgan fingerprint density at radius 1 is 1.31 bits per heavy atom. The molecule has 1 heterocycles. The lowest BCUT2D eigenvalue weighted by molar-refractivity contribution is 0.0854. The third-order valence-electron chi connectivity index (χ3n) is 4.33. The Morgan fingerprint density at radius 3 is 2.69 bits per heavy atom. The standard InChI is InChI=1S/C19H29FN4O2/c1-21-9-11-23(2)13-16-12-22-24(10-3-4-18(26)14-25)19(16)15-5-7-17(20)8-6-15/h5-8,12,18,21,25-26H,3-4,9-11,13-14H2,1-2H3. The number of aromatic nitrogens is 2. The highest BCUT2D eigenvalue weighted by Gasteiger charge is 2.15. The fourth-order valence-electron chi connectivity index (χ4n) is 2.89. The maximum Gasteiger partial charge on any atom is 0.123 e. The minimum atomic E-state index is -0.702. The molecule has 0 bridgehead atoms. The van der Waals surface area contributed by atoms with Crippen LogP contribution >= 0.6 is 0 Å². The Balaban J connectivity index is 2.20. The number of aliphatic hydroxyl groups excluding tert-OH is 2. The molecule has 0 saturated heterocycles. The molecule has 26 heavy (non-hydrogen) atoms. The fourth-order valence-corrected chi connectivity index (χ4v) is 2.89. The summed E-state index contributed by atoms with van der Waals surface area (Å²) in [6.07, 6.45) is 2.37. The van der Waals surface area contributed by atoms with Gasteiger partial charge in [0, 0.05) is 37.3 Å². The summed E-state index contributed by atoms with van der Waals surface area (Å²) in [5.74, 6) is -0.265. The van der Waals surface area contributed by atoms with Gasteiger partial charge in [0.15, 0.2) is 0 Å². The summed E-state index contributed by atoms with van der Waals surface area (Å²) in [5.41, 5.74) is 2.97. The van der Waals surface area contributed by atoms with E-state index >= 15 is 0 Å². The largest absolute Gasteiger partial charge is 0.394 e. The minimum absolute atomic E-state index is 0.231. The van der Waals surface area contributed by atoms with Crippen LogP contribution in [0.3, 0.4) is 0 Å². The maximum absolute atomic E-state index is 13.3. The molecule has 0 aliphatic carbocycles. The summed E-state index contributed by atoms with van der Waals surface area (Å²) in [6, 6.07) is 6.44. The van der Waals surface area contributed by atoms with Gasteiger partial charge in [-0.25, -0.2) is 4.39 Å². The summed E-state index contributed by atoms with van der Waals surface area (Å²) < 4.78 is 15.2. The van der Waals surface area contributed by atoms with Crippen LogP contribution in [0.4, 0.5) is 4.39 Å². The molecule has 1 aromatic heterocycles. The number of halogens is 1. The molecule has 2 aromatic rings. The van der Waals surface area contributed by atoms with Crippen molar-refractivity contribution >= 4 is 0 Å². The summed E-state index contributed by atoms with van der Waals surface area (Å²) in [5, 5.41) is 26.1. The monoisotopic (exact) mass is 364 g/mol. The van der Waals surface area contributed by atoms with Crippen molar-refractivity contribution < 1.29 is 14.6 Å². The fraction of sp³-hybridized carbons (Fsp3) is 0.526. The van der Waals surface area contributed by atoms with Crippen molar-refractivity contribution in [2.75, 3.05) is 33.8 Å². The molecule has 1 aromatic carbocycles. The van der Waals surface area contributed by atoms with E-state index in [1.807, 2.05) is 17.9 Å². The quantitative estimate of drug-likeness (QED) is 0.563. The van der Waals surface area contributed by atoms with Crippen molar-refractivity contribution in [3.05, 3.63) is 41.8 Å². The van der Waals surface area contributed by atoms with E-state index in [4.69, 9.17) is 5.11 Å². The molecule has 7 heteroatoms. The molecule has 6 nitrogen and oxygen atoms in total. The number of nitrogens with one attached hydrogen (secondary N) is 1. The highest BCUT2D eigenvalue weighted by molar-refractivity contribution is 5.63. The van der Waals surface area contributed by atoms with E-state index in [1.165, 1.54) is 12.1 Å². The number of rotatable bonds is 11. The molecule has 2 rings (SSSR count). The van der Waals surface area contributed by atoms with E-state index in [1.54, 1.807) is 12.1 Å². The maximum atomic E-state index is 13.3. The molecule has 0 saturated carbocycles. The van der Waals surface area contributed by atoms with E-state index in [2.05, 4.69) is 22.4 Å². The highest BCUT2D eigenvalue weighted by atomic mass is 19.1. The van der Waals surface area contributed by atoms with Crippen LogP contribution in [0, 0.1) is 5.82 Å². The molecular weight excluding hydrogens is 335 g/mol. The predicted molar refractivity (Wildman–Crippen MR) is 100 cm³/mol. The van der Waals surface area contributed by atoms with Gasteiger partial charge in [0.25, 0.3) is 0 Å². The Labute approximate surface area is 154 Å². The summed E-state index contributed by atoms with van der Waals surface area (Å²) in [6.45, 7) is 2.95. The second-order valence-corrected chi connectivity index (χ2v) is 6.57. The smallest absolute Gasteiger partial charge is 0.123 e. The van der Waals surface area contributed by atoms with Gasteiger partial charge in [0.2, 0.25) is 0 Å². The number of aliphatic hydroxyl groups is 2. The number of benzene rings is 1. The van der Waals surface area contributed by atoms with Crippen molar-refractivity contribution in [3.8, 4) is 11.3 Å². The molecule has 144 valence electrons. The van der Waals surface area contributed by atoms with Crippen molar-refractivity contribution in [2.45, 2.75) is 32.0 Å². The zero-order valence-corrected chi connectivity index (χ0v) is 15.5. The van der Waals surface area contributed by atoms with Gasteiger partial charge in [-0.2, -0.15) is 5.10 Å². The molecule has 1 unspecified atom stereocenters. The lowest BCUT2D eigenvalue weighted by atomic mass is 10.1. The lowest BCUT2D eigenvalue weighted by Crippen LogP contribution is -2.27. The second-order valence-electron chi connectivity index (χ2n) is 6.57. The number of hydrogen-bond acceptors (Lipinski definition) is 5. The normalized spacial score (nSPS) is 12.7. The minimum Gasteiger partial charge on any atom is -0.394 e. The van der Waals surface area contributed by atoms with Crippen LogP contribution in [-0.2, 0) is 13.1 Å². The Hall–Kier alpha value is -1.80. The summed E-state index contributed by atoms with van der Waals surface area (Å²) in [4.78, 5) is 2.21. The first kappa shape index (κ1) is 20.5. The van der Waals surface area contributed by atoms with Crippen molar-refractivity contribution in [2.24, 2.45) is 0 Å². The van der Waals surface area contributed by atoms with Crippen molar-refractivity contribution in [1.29, 1.82) is 0 Å². The van der Waals surface area contributed by atoms with E-state index in [0.717, 1.165) is 36.5 Å². The zero-order valence-electron chi connectivity index (χ0n) is 15.5. The average Bonchev–Trinajstić information content (AvgIpc) is 3.02. The van der Waals surface area contributed by atoms with Crippen molar-refractivity contribution in [3.63, 3.8) is 0 Å². The zero-order chi connectivity index (χ0) is 18.9. The van der Waals surface area contributed by atoms with Crippen LogP contribution in [0.5, 0.6) is 0 Å². The van der Waals surface area contributed by atoms with Crippen LogP contribution in [0.2, 0.25) is 0 Å². The van der Waals surface area contributed by atoms with Crippen LogP contribution in [-0.4, -0.2) is 64.8 Å². The van der Waals surface area contributed by atoms with E-state index in [-0.39, 0.29) is 12.4 Å². The molecular formula is C19H29FN4O2. The van der Waals surface area contributed by atoms with Crippen molar-refractivity contribution in [1.82, 2.24) is 20.0 Å². The molecule has 0 aliphatic rings. The number of aryl methyl sites for hydroxylation is 1. The molecule has 0 spiro atoms. The van der Waals surface area contributed by atoms with Gasteiger partial charge in [-0.3, -0.25) is 4.68 Å². The topological polar surface area (TPSA) is 73.6 Å². The third kappa shape index (κ3) is 5.88. The molecule has 0 radical (unpaired) electrons. The summed E-state index contributed by atoms with van der Waals surface area (Å²) >= 11 is 0. The second kappa shape index (κ2) is 10.4. The molecule has 0 aliphatic heterocycles. The molecule has 0 amide bonds. The predicted octanol–water partition coefficient (Wildman–Crippen LogP) is 1.47. The number of nitrogens with zero attached hydrogens (tertiary/aromatic N) is 3. The van der Waals surface area contributed by atoms with Gasteiger partial charge < -0.3 is 20.4 Å². The first-order valence-corrected chi connectivity index (χ1v) is 8.97. The van der Waals surface area contributed by atoms with Gasteiger partial charge in [-0.1, -0.05) is 0 Å². The van der Waals surface area contributed by atoms with E-state index in [0.29, 0.717) is 19.4 Å². The molecule has 1 atom stereocenters. The molecule has 0 fully saturated rings. The Kier molecular flexibility index (Phi) is 8.18. The van der Waals surface area contributed by atoms with Crippen LogP contribution < -0.4 is 5.32 Å². The summed E-state index contributed by atoms with van der Waals surface area (Å²) in [7, 11) is 3.98. The van der Waals surface area contributed by atoms with Crippen LogP contribution in [0.15, 0.2) is 30.5 Å². The van der Waals surface area contributed by atoms with Gasteiger partial charge in [-0.15, -0.1) is 0 Å². The number of hydrogen-bond donors (Lipinski definition) is 3. The average molecular weight is 364 g/mol. The van der Waals surface area contributed by atoms with E-state index < -0.39 is 6.10 Å². The van der Waals surface area contributed by atoms with Gasteiger partial charge >= 0.3 is 0 Å². The SMILES string of the molecule is CNCCN(C)Cc1cnn(CCCC(O)CO)c1-c1ccc(F)cc1. The Morgan fingerprint density at radius 2 is 2.04 bits per heavy atom. The lowest BCUT2D eigenvalue weighted by Gasteiger charge is -2.17. The van der Waals surface area contributed by atoms with Gasteiger partial charge in [0.1, 0.15) is 5.82 Å². The van der Waals surface area contributed by atoms with Gasteiger partial charge in [-0.05, 0) is 51.2 Å². The van der Waals surface area contributed by atoms with Crippen LogP contribution in [0.25, 0.3) is 11.3 Å². The first-order valence-electron chi connectivity index (χ1n) is 8.97. The van der Waals surface area contributed by atoms with Crippen LogP contribution in [0.1, 0.15) is 18.4 Å². The highest BCUT2D eigenvalue weighted by Crippen LogP contribution is 2.25. The third-order valence-corrected chi connectivity index (χ3v) is 4.33. The Bertz CT molecular complexity index is 660. The van der Waals surface area contributed by atoms with E-state index in [9.17, 15) is 9.50 Å². The van der Waals surface area contributed by atoms with Gasteiger partial charge in [0.05, 0.1) is 24.6 Å². The molecule has 3 N–H and O–H groups in total. The number of likely N-dealkylation sites (N-methyl/N-ethyl adjacent to an activating group) is 2.